The first kappa shape index (κ1) is 9.16. The number of rotatable bonds is 3. The van der Waals surface area contributed by atoms with E-state index in [2.05, 4.69) is 29.5 Å². The summed E-state index contributed by atoms with van der Waals surface area (Å²) in [5, 5.41) is 6.83. The van der Waals surface area contributed by atoms with E-state index in [1.54, 1.807) is 11.3 Å². The Labute approximate surface area is 83.4 Å². The van der Waals surface area contributed by atoms with E-state index >= 15 is 0 Å². The van der Waals surface area contributed by atoms with Crippen LogP contribution < -0.4 is 5.32 Å². The third kappa shape index (κ3) is 1.51. The van der Waals surface area contributed by atoms with E-state index in [1.165, 1.54) is 23.5 Å². The Bertz CT molecular complexity index is 300. The third-order valence-electron chi connectivity index (χ3n) is 2.73. The van der Waals surface area contributed by atoms with Crippen molar-refractivity contribution in [2.75, 3.05) is 7.05 Å². The molecule has 2 rings (SSSR count). The molecule has 0 unspecified atom stereocenters. The molecular formula is C10H16N2S. The summed E-state index contributed by atoms with van der Waals surface area (Å²) in [4.78, 5) is 4.67. The molecule has 0 atom stereocenters. The largest absolute Gasteiger partial charge is 0.309 e. The van der Waals surface area contributed by atoms with Gasteiger partial charge in [0.05, 0.1) is 16.2 Å². The number of hydrogen-bond donors (Lipinski definition) is 1. The average Bonchev–Trinajstić information content (AvgIpc) is 2.75. The van der Waals surface area contributed by atoms with Crippen molar-refractivity contribution in [1.82, 2.24) is 10.3 Å². The van der Waals surface area contributed by atoms with Gasteiger partial charge in [-0.3, -0.25) is 0 Å². The van der Waals surface area contributed by atoms with Gasteiger partial charge in [0.25, 0.3) is 0 Å². The molecule has 1 aromatic rings. The summed E-state index contributed by atoms with van der Waals surface area (Å²) in [5.74, 6) is 0.561. The fourth-order valence-corrected chi connectivity index (χ4v) is 2.47. The first-order valence-corrected chi connectivity index (χ1v) is 5.71. The molecule has 0 saturated heterocycles. The van der Waals surface area contributed by atoms with Gasteiger partial charge in [0.2, 0.25) is 0 Å². The fourth-order valence-electron chi connectivity index (χ4n) is 1.53. The van der Waals surface area contributed by atoms with Gasteiger partial charge in [-0.25, -0.2) is 4.98 Å². The van der Waals surface area contributed by atoms with Crippen LogP contribution in [0.25, 0.3) is 0 Å². The molecule has 0 bridgehead atoms. The molecule has 13 heavy (non-hydrogen) atoms. The topological polar surface area (TPSA) is 24.9 Å². The molecule has 0 aliphatic heterocycles. The SMILES string of the molecule is CNC1(c2csc(C(C)C)n2)CC1. The molecule has 1 fully saturated rings. The van der Waals surface area contributed by atoms with Crippen LogP contribution in [0.5, 0.6) is 0 Å². The Balaban J connectivity index is 2.23. The number of nitrogens with one attached hydrogen (secondary N) is 1. The van der Waals surface area contributed by atoms with Crippen LogP contribution in [0.2, 0.25) is 0 Å². The van der Waals surface area contributed by atoms with Crippen LogP contribution in [0, 0.1) is 0 Å². The lowest BCUT2D eigenvalue weighted by molar-refractivity contribution is 0.568. The fraction of sp³-hybridized carbons (Fsp3) is 0.700. The second kappa shape index (κ2) is 3.07. The molecule has 1 N–H and O–H groups in total. The van der Waals surface area contributed by atoms with Gasteiger partial charge >= 0.3 is 0 Å². The van der Waals surface area contributed by atoms with E-state index in [0.717, 1.165) is 0 Å². The maximum atomic E-state index is 4.67. The Morgan fingerprint density at radius 2 is 2.23 bits per heavy atom. The molecular weight excluding hydrogens is 180 g/mol. The molecule has 1 aliphatic rings. The average molecular weight is 196 g/mol. The van der Waals surface area contributed by atoms with Crippen molar-refractivity contribution in [2.45, 2.75) is 38.1 Å². The van der Waals surface area contributed by atoms with Crippen molar-refractivity contribution in [3.05, 3.63) is 16.1 Å². The zero-order valence-electron chi connectivity index (χ0n) is 8.42. The predicted molar refractivity (Wildman–Crippen MR) is 56.2 cm³/mol. The number of nitrogens with zero attached hydrogens (tertiary/aromatic N) is 1. The molecule has 0 aromatic carbocycles. The summed E-state index contributed by atoms with van der Waals surface area (Å²) in [7, 11) is 2.03. The molecule has 0 radical (unpaired) electrons. The van der Waals surface area contributed by atoms with E-state index in [4.69, 9.17) is 0 Å². The van der Waals surface area contributed by atoms with Crippen molar-refractivity contribution in [1.29, 1.82) is 0 Å². The highest BCUT2D eigenvalue weighted by molar-refractivity contribution is 7.09. The monoisotopic (exact) mass is 196 g/mol. The minimum atomic E-state index is 0.240. The highest BCUT2D eigenvalue weighted by Gasteiger charge is 2.44. The lowest BCUT2D eigenvalue weighted by Gasteiger charge is -2.09. The van der Waals surface area contributed by atoms with Crippen molar-refractivity contribution < 1.29 is 0 Å². The second-order valence-corrected chi connectivity index (χ2v) is 4.95. The van der Waals surface area contributed by atoms with Gasteiger partial charge in [0.15, 0.2) is 0 Å². The summed E-state index contributed by atoms with van der Waals surface area (Å²) in [6.45, 7) is 4.39. The smallest absolute Gasteiger partial charge is 0.0954 e. The number of aromatic nitrogens is 1. The lowest BCUT2D eigenvalue weighted by atomic mass is 10.2. The van der Waals surface area contributed by atoms with Crippen LogP contribution in [0.1, 0.15) is 43.3 Å². The van der Waals surface area contributed by atoms with Gasteiger partial charge in [-0.2, -0.15) is 0 Å². The Hall–Kier alpha value is -0.410. The van der Waals surface area contributed by atoms with Gasteiger partial charge in [-0.15, -0.1) is 11.3 Å². The molecule has 0 spiro atoms. The van der Waals surface area contributed by atoms with Crippen LogP contribution in [0.15, 0.2) is 5.38 Å². The van der Waals surface area contributed by atoms with E-state index in [1.807, 2.05) is 7.05 Å². The Kier molecular flexibility index (Phi) is 2.16. The van der Waals surface area contributed by atoms with Gasteiger partial charge < -0.3 is 5.32 Å². The zero-order valence-corrected chi connectivity index (χ0v) is 9.24. The molecule has 3 heteroatoms. The predicted octanol–water partition coefficient (Wildman–Crippen LogP) is 2.48. The van der Waals surface area contributed by atoms with Crippen LogP contribution in [-0.4, -0.2) is 12.0 Å². The minimum absolute atomic E-state index is 0.240. The van der Waals surface area contributed by atoms with Crippen molar-refractivity contribution >= 4 is 11.3 Å². The molecule has 1 heterocycles. The van der Waals surface area contributed by atoms with Gasteiger partial charge in [-0.05, 0) is 19.9 Å². The maximum absolute atomic E-state index is 4.67. The standard InChI is InChI=1S/C10H16N2S/c1-7(2)9-12-8(6-13-9)10(11-3)4-5-10/h6-7,11H,4-5H2,1-3H3. The van der Waals surface area contributed by atoms with E-state index in [0.29, 0.717) is 5.92 Å². The van der Waals surface area contributed by atoms with Crippen molar-refractivity contribution in [3.63, 3.8) is 0 Å². The molecule has 72 valence electrons. The molecule has 1 aromatic heterocycles. The number of hydrogen-bond acceptors (Lipinski definition) is 3. The molecule has 1 saturated carbocycles. The molecule has 2 nitrogen and oxygen atoms in total. The third-order valence-corrected chi connectivity index (χ3v) is 3.88. The summed E-state index contributed by atoms with van der Waals surface area (Å²) in [6, 6.07) is 0. The van der Waals surface area contributed by atoms with Gasteiger partial charge in [-0.1, -0.05) is 13.8 Å². The number of thiazole rings is 1. The maximum Gasteiger partial charge on any atom is 0.0954 e. The summed E-state index contributed by atoms with van der Waals surface area (Å²) < 4.78 is 0. The van der Waals surface area contributed by atoms with E-state index in [-0.39, 0.29) is 5.54 Å². The van der Waals surface area contributed by atoms with E-state index < -0.39 is 0 Å². The first-order valence-electron chi connectivity index (χ1n) is 4.83. The van der Waals surface area contributed by atoms with Crippen molar-refractivity contribution in [3.8, 4) is 0 Å². The lowest BCUT2D eigenvalue weighted by Crippen LogP contribution is -2.24. The van der Waals surface area contributed by atoms with Crippen LogP contribution in [-0.2, 0) is 5.54 Å². The van der Waals surface area contributed by atoms with E-state index in [9.17, 15) is 0 Å². The highest BCUT2D eigenvalue weighted by atomic mass is 32.1. The normalized spacial score (nSPS) is 19.4. The Morgan fingerprint density at radius 3 is 2.62 bits per heavy atom. The molecule has 1 aliphatic carbocycles. The Morgan fingerprint density at radius 1 is 1.54 bits per heavy atom. The molecule has 0 amide bonds. The van der Waals surface area contributed by atoms with Crippen LogP contribution in [0.3, 0.4) is 0 Å². The quantitative estimate of drug-likeness (QED) is 0.803. The second-order valence-electron chi connectivity index (χ2n) is 4.06. The van der Waals surface area contributed by atoms with Crippen LogP contribution >= 0.6 is 11.3 Å². The summed E-state index contributed by atoms with van der Waals surface area (Å²) in [6.07, 6.45) is 2.48. The minimum Gasteiger partial charge on any atom is -0.309 e. The van der Waals surface area contributed by atoms with Gasteiger partial charge in [0, 0.05) is 11.3 Å². The van der Waals surface area contributed by atoms with Crippen LogP contribution in [0.4, 0.5) is 0 Å². The highest BCUT2D eigenvalue weighted by Crippen LogP contribution is 2.45. The van der Waals surface area contributed by atoms with Crippen molar-refractivity contribution in [2.24, 2.45) is 0 Å². The zero-order chi connectivity index (χ0) is 9.47. The van der Waals surface area contributed by atoms with Gasteiger partial charge in [0.1, 0.15) is 0 Å². The summed E-state index contributed by atoms with van der Waals surface area (Å²) in [5.41, 5.74) is 1.49. The first-order chi connectivity index (χ1) is 6.18. The summed E-state index contributed by atoms with van der Waals surface area (Å²) >= 11 is 1.79.